The molecule has 2 rings (SSSR count). The first-order valence-corrected chi connectivity index (χ1v) is 9.39. The maximum absolute atomic E-state index is 12.3. The van der Waals surface area contributed by atoms with Crippen LogP contribution in [0.15, 0.2) is 30.3 Å². The highest BCUT2D eigenvalue weighted by Crippen LogP contribution is 2.09. The fourth-order valence-corrected chi connectivity index (χ4v) is 3.82. The van der Waals surface area contributed by atoms with Crippen LogP contribution in [-0.2, 0) is 16.4 Å². The lowest BCUT2D eigenvalue weighted by molar-refractivity contribution is 0.218. The highest BCUT2D eigenvalue weighted by molar-refractivity contribution is 7.89. The van der Waals surface area contributed by atoms with E-state index in [2.05, 4.69) is 4.90 Å². The largest absolute Gasteiger partial charge is 0.302 e. The van der Waals surface area contributed by atoms with Gasteiger partial charge in [-0.25, -0.2) is 12.7 Å². The monoisotopic (exact) mass is 310 g/mol. The lowest BCUT2D eigenvalue weighted by Gasteiger charge is -2.28. The van der Waals surface area contributed by atoms with Gasteiger partial charge in [-0.15, -0.1) is 0 Å². The van der Waals surface area contributed by atoms with Gasteiger partial charge in [0.25, 0.3) is 0 Å². The fraction of sp³-hybridized carbons (Fsp3) is 0.625. The summed E-state index contributed by atoms with van der Waals surface area (Å²) in [5.74, 6) is 0.188. The summed E-state index contributed by atoms with van der Waals surface area (Å²) in [5.41, 5.74) is 1.07. The number of likely N-dealkylation sites (N-methyl/N-ethyl adjacent to an activating group) is 1. The number of hydrogen-bond acceptors (Lipinski definition) is 3. The molecule has 1 heterocycles. The molecule has 1 aliphatic heterocycles. The standard InChI is InChI=1S/C16H26N2O2S/c1-17(13-14-18-11-6-3-7-12-18)21(19,20)15-10-16-8-4-2-5-9-16/h2,4-5,8-9H,3,6-7,10-15H2,1H3. The number of likely N-dealkylation sites (tertiary alicyclic amines) is 1. The van der Waals surface area contributed by atoms with Gasteiger partial charge in [-0.2, -0.15) is 0 Å². The normalized spacial score (nSPS) is 17.2. The van der Waals surface area contributed by atoms with Crippen molar-refractivity contribution in [3.05, 3.63) is 35.9 Å². The van der Waals surface area contributed by atoms with E-state index in [0.717, 1.165) is 25.2 Å². The van der Waals surface area contributed by atoms with Crippen molar-refractivity contribution < 1.29 is 8.42 Å². The SMILES string of the molecule is CN(CCN1CCCCC1)S(=O)(=O)CCc1ccccc1. The lowest BCUT2D eigenvalue weighted by atomic mass is 10.1. The van der Waals surface area contributed by atoms with Crippen LogP contribution in [0.2, 0.25) is 0 Å². The average molecular weight is 310 g/mol. The van der Waals surface area contributed by atoms with Gasteiger partial charge < -0.3 is 4.90 Å². The molecule has 21 heavy (non-hydrogen) atoms. The predicted octanol–water partition coefficient (Wildman–Crippen LogP) is 1.98. The van der Waals surface area contributed by atoms with Crippen LogP contribution in [0.5, 0.6) is 0 Å². The summed E-state index contributed by atoms with van der Waals surface area (Å²) in [6, 6.07) is 9.79. The van der Waals surface area contributed by atoms with Gasteiger partial charge in [0.1, 0.15) is 0 Å². The van der Waals surface area contributed by atoms with Crippen molar-refractivity contribution in [1.29, 1.82) is 0 Å². The van der Waals surface area contributed by atoms with Crippen LogP contribution < -0.4 is 0 Å². The Morgan fingerprint density at radius 2 is 1.76 bits per heavy atom. The molecular formula is C16H26N2O2S. The first-order chi connectivity index (χ1) is 10.1. The smallest absolute Gasteiger partial charge is 0.214 e. The topological polar surface area (TPSA) is 40.6 Å². The summed E-state index contributed by atoms with van der Waals surface area (Å²) in [6.07, 6.45) is 4.37. The Hall–Kier alpha value is -0.910. The van der Waals surface area contributed by atoms with E-state index in [1.54, 1.807) is 7.05 Å². The first-order valence-electron chi connectivity index (χ1n) is 7.78. The number of nitrogens with zero attached hydrogens (tertiary/aromatic N) is 2. The summed E-state index contributed by atoms with van der Waals surface area (Å²) in [5, 5.41) is 0. The van der Waals surface area contributed by atoms with Gasteiger partial charge in [0.15, 0.2) is 0 Å². The van der Waals surface area contributed by atoms with Crippen LogP contribution >= 0.6 is 0 Å². The van der Waals surface area contributed by atoms with E-state index >= 15 is 0 Å². The number of sulfonamides is 1. The third kappa shape index (κ3) is 5.41. The Morgan fingerprint density at radius 1 is 1.10 bits per heavy atom. The van der Waals surface area contributed by atoms with Crippen molar-refractivity contribution in [1.82, 2.24) is 9.21 Å². The highest BCUT2D eigenvalue weighted by atomic mass is 32.2. The molecule has 1 aromatic carbocycles. The van der Waals surface area contributed by atoms with Crippen molar-refractivity contribution in [3.63, 3.8) is 0 Å². The van der Waals surface area contributed by atoms with Crippen molar-refractivity contribution in [3.8, 4) is 0 Å². The summed E-state index contributed by atoms with van der Waals surface area (Å²) < 4.78 is 26.1. The van der Waals surface area contributed by atoms with Crippen LogP contribution in [0.4, 0.5) is 0 Å². The number of aryl methyl sites for hydroxylation is 1. The molecule has 0 radical (unpaired) electrons. The van der Waals surface area contributed by atoms with Crippen LogP contribution in [-0.4, -0.2) is 56.6 Å². The molecule has 0 amide bonds. The zero-order valence-corrected chi connectivity index (χ0v) is 13.7. The summed E-state index contributed by atoms with van der Waals surface area (Å²) in [4.78, 5) is 2.37. The van der Waals surface area contributed by atoms with E-state index in [1.165, 1.54) is 23.6 Å². The molecule has 1 aromatic rings. The summed E-state index contributed by atoms with van der Waals surface area (Å²) in [7, 11) is -1.45. The second-order valence-electron chi connectivity index (χ2n) is 5.78. The minimum atomic E-state index is -3.15. The maximum atomic E-state index is 12.3. The number of rotatable bonds is 7. The minimum Gasteiger partial charge on any atom is -0.302 e. The van der Waals surface area contributed by atoms with E-state index in [-0.39, 0.29) is 5.75 Å². The highest BCUT2D eigenvalue weighted by Gasteiger charge is 2.19. The molecule has 0 spiro atoms. The van der Waals surface area contributed by atoms with Gasteiger partial charge in [0.2, 0.25) is 10.0 Å². The summed E-state index contributed by atoms with van der Waals surface area (Å²) in [6.45, 7) is 3.66. The third-order valence-electron chi connectivity index (χ3n) is 4.15. The molecule has 1 aliphatic rings. The molecule has 0 saturated carbocycles. The molecule has 0 atom stereocenters. The van der Waals surface area contributed by atoms with Gasteiger partial charge in [-0.3, -0.25) is 0 Å². The first kappa shape index (κ1) is 16.5. The minimum absolute atomic E-state index is 0.188. The molecule has 118 valence electrons. The van der Waals surface area contributed by atoms with E-state index in [0.29, 0.717) is 13.0 Å². The third-order valence-corrected chi connectivity index (χ3v) is 6.00. The van der Waals surface area contributed by atoms with Crippen molar-refractivity contribution in [2.24, 2.45) is 0 Å². The Balaban J connectivity index is 1.78. The Labute approximate surface area is 128 Å². The quantitative estimate of drug-likeness (QED) is 0.773. The van der Waals surface area contributed by atoms with Crippen molar-refractivity contribution >= 4 is 10.0 Å². The van der Waals surface area contributed by atoms with Crippen molar-refractivity contribution in [2.45, 2.75) is 25.7 Å². The van der Waals surface area contributed by atoms with Crippen LogP contribution in [0.25, 0.3) is 0 Å². The van der Waals surface area contributed by atoms with Gasteiger partial charge >= 0.3 is 0 Å². The van der Waals surface area contributed by atoms with Crippen molar-refractivity contribution in [2.75, 3.05) is 39.0 Å². The number of hydrogen-bond donors (Lipinski definition) is 0. The van der Waals surface area contributed by atoms with E-state index in [9.17, 15) is 8.42 Å². The molecule has 0 N–H and O–H groups in total. The lowest BCUT2D eigenvalue weighted by Crippen LogP contribution is -2.39. The molecule has 0 unspecified atom stereocenters. The molecule has 0 bridgehead atoms. The van der Waals surface area contributed by atoms with E-state index < -0.39 is 10.0 Å². The molecule has 0 aliphatic carbocycles. The van der Waals surface area contributed by atoms with E-state index in [1.807, 2.05) is 30.3 Å². The van der Waals surface area contributed by atoms with Crippen LogP contribution in [0.1, 0.15) is 24.8 Å². The fourth-order valence-electron chi connectivity index (χ4n) is 2.65. The summed E-state index contributed by atoms with van der Waals surface area (Å²) >= 11 is 0. The molecule has 1 fully saturated rings. The van der Waals surface area contributed by atoms with Crippen LogP contribution in [0, 0.1) is 0 Å². The Bertz CT molecular complexity index is 510. The molecule has 5 heteroatoms. The molecular weight excluding hydrogens is 284 g/mol. The Morgan fingerprint density at radius 3 is 2.43 bits per heavy atom. The van der Waals surface area contributed by atoms with Gasteiger partial charge in [0.05, 0.1) is 5.75 Å². The predicted molar refractivity (Wildman–Crippen MR) is 86.9 cm³/mol. The van der Waals surface area contributed by atoms with Crippen LogP contribution in [0.3, 0.4) is 0 Å². The Kier molecular flexibility index (Phi) is 6.21. The molecule has 1 saturated heterocycles. The molecule has 4 nitrogen and oxygen atoms in total. The van der Waals surface area contributed by atoms with E-state index in [4.69, 9.17) is 0 Å². The average Bonchev–Trinajstić information content (AvgIpc) is 2.52. The number of benzene rings is 1. The zero-order valence-electron chi connectivity index (χ0n) is 12.9. The van der Waals surface area contributed by atoms with Gasteiger partial charge in [-0.05, 0) is 37.9 Å². The second kappa shape index (κ2) is 7.92. The second-order valence-corrected chi connectivity index (χ2v) is 7.97. The number of piperidine rings is 1. The van der Waals surface area contributed by atoms with Gasteiger partial charge in [-0.1, -0.05) is 36.8 Å². The molecule has 0 aromatic heterocycles. The maximum Gasteiger partial charge on any atom is 0.214 e. The van der Waals surface area contributed by atoms with Gasteiger partial charge in [0, 0.05) is 20.1 Å². The zero-order chi connectivity index (χ0) is 15.1.